The van der Waals surface area contributed by atoms with Gasteiger partial charge in [0, 0.05) is 36.7 Å². The summed E-state index contributed by atoms with van der Waals surface area (Å²) >= 11 is 6.02. The number of aromatic amines is 1. The maximum Gasteiger partial charge on any atom is 0.490 e. The van der Waals surface area contributed by atoms with Gasteiger partial charge in [-0.25, -0.2) is 9.18 Å². The number of rotatable bonds is 5. The fraction of sp³-hybridized carbons (Fsp3) is 0.591. The molecule has 0 aliphatic carbocycles. The molecule has 0 radical (unpaired) electrons. The molecular formula is C22H29ClF4N6O3. The van der Waals surface area contributed by atoms with Crippen LogP contribution in [0.4, 0.5) is 29.5 Å². The Morgan fingerprint density at radius 1 is 1.28 bits per heavy atom. The second kappa shape index (κ2) is 12.1. The van der Waals surface area contributed by atoms with Crippen molar-refractivity contribution in [1.29, 1.82) is 0 Å². The molecule has 200 valence electrons. The normalized spacial score (nSPS) is 22.6. The van der Waals surface area contributed by atoms with Crippen molar-refractivity contribution in [2.75, 3.05) is 36.9 Å². The molecule has 3 atom stereocenters. The highest BCUT2D eigenvalue weighted by Gasteiger charge is 2.38. The van der Waals surface area contributed by atoms with Crippen molar-refractivity contribution in [3.05, 3.63) is 34.9 Å². The summed E-state index contributed by atoms with van der Waals surface area (Å²) in [5, 5.41) is 15.8. The number of anilines is 2. The summed E-state index contributed by atoms with van der Waals surface area (Å²) in [6.07, 6.45) is -3.62. The van der Waals surface area contributed by atoms with E-state index in [1.54, 1.807) is 6.92 Å². The third kappa shape index (κ3) is 7.68. The molecule has 2 aliphatic rings. The molecule has 0 bridgehead atoms. The molecule has 0 amide bonds. The minimum Gasteiger partial charge on any atom is -0.475 e. The second-order valence-electron chi connectivity index (χ2n) is 8.79. The van der Waals surface area contributed by atoms with E-state index >= 15 is 0 Å². The van der Waals surface area contributed by atoms with Gasteiger partial charge in [-0.1, -0.05) is 23.7 Å². The molecular weight excluding hydrogens is 508 g/mol. The number of hydrogen-bond acceptors (Lipinski definition) is 7. The minimum atomic E-state index is -5.08. The average Bonchev–Trinajstić information content (AvgIpc) is 3.27. The van der Waals surface area contributed by atoms with Crippen LogP contribution in [0.1, 0.15) is 25.3 Å². The van der Waals surface area contributed by atoms with Crippen molar-refractivity contribution >= 4 is 29.5 Å². The zero-order valence-electron chi connectivity index (χ0n) is 19.6. The number of alkyl halides is 4. The number of hydrogen-bond donors (Lipinski definition) is 3. The number of nitrogen functional groups attached to an aromatic ring is 1. The zero-order chi connectivity index (χ0) is 26.5. The first-order valence-corrected chi connectivity index (χ1v) is 11.8. The predicted octanol–water partition coefficient (Wildman–Crippen LogP) is 3.31. The number of carboxylic acid groups (broad SMARTS) is 1. The number of ether oxygens (including phenoxy) is 1. The smallest absolute Gasteiger partial charge is 0.475 e. The van der Waals surface area contributed by atoms with Crippen LogP contribution >= 0.6 is 11.6 Å². The molecule has 2 aromatic rings. The minimum absolute atomic E-state index is 0.226. The maximum absolute atomic E-state index is 14.0. The van der Waals surface area contributed by atoms with Gasteiger partial charge in [-0.15, -0.1) is 10.2 Å². The zero-order valence-corrected chi connectivity index (χ0v) is 20.3. The predicted molar refractivity (Wildman–Crippen MR) is 126 cm³/mol. The number of nitrogens with one attached hydrogen (secondary N) is 1. The van der Waals surface area contributed by atoms with E-state index in [1.165, 1.54) is 5.56 Å². The van der Waals surface area contributed by atoms with Crippen molar-refractivity contribution in [3.8, 4) is 0 Å². The van der Waals surface area contributed by atoms with Crippen molar-refractivity contribution in [1.82, 2.24) is 20.1 Å². The van der Waals surface area contributed by atoms with Gasteiger partial charge in [-0.05, 0) is 43.9 Å². The topological polar surface area (TPSA) is 121 Å². The summed E-state index contributed by atoms with van der Waals surface area (Å²) in [5.74, 6) is -1.71. The van der Waals surface area contributed by atoms with Crippen LogP contribution in [0.5, 0.6) is 0 Å². The van der Waals surface area contributed by atoms with Crippen LogP contribution in [-0.4, -0.2) is 87.9 Å². The van der Waals surface area contributed by atoms with Gasteiger partial charge in [-0.2, -0.15) is 13.2 Å². The number of carboxylic acids is 1. The Bertz CT molecular complexity index is 983. The molecule has 4 rings (SSSR count). The summed E-state index contributed by atoms with van der Waals surface area (Å²) in [4.78, 5) is 16.5. The maximum atomic E-state index is 14.0. The summed E-state index contributed by atoms with van der Waals surface area (Å²) in [7, 11) is 0. The standard InChI is InChI=1S/C20H28ClFN6O.C2HF3O2/c1-13(22)18-11-28(17(12-29-18)10-14-2-4-15(21)5-3-14)16-6-8-27(9-7-16)20-24-19(23)25-26-20;3-2(4,5)1(6)7/h2-5,13,16-18H,6-12H2,1H3,(H3,23,24,25,26);(H,6,7)/t13?,17-,18+;/m0./s1. The number of nitrogens with two attached hydrogens (primary N) is 1. The Kier molecular flexibility index (Phi) is 9.36. The molecule has 14 heteroatoms. The first-order valence-electron chi connectivity index (χ1n) is 11.4. The number of carbonyl (C=O) groups is 1. The van der Waals surface area contributed by atoms with Crippen molar-refractivity contribution in [2.24, 2.45) is 0 Å². The van der Waals surface area contributed by atoms with Gasteiger partial charge in [0.15, 0.2) is 0 Å². The van der Waals surface area contributed by atoms with Gasteiger partial charge >= 0.3 is 12.1 Å². The molecule has 1 unspecified atom stereocenters. The molecule has 0 saturated carbocycles. The van der Waals surface area contributed by atoms with Crippen molar-refractivity contribution in [2.45, 2.75) is 56.7 Å². The molecule has 3 heterocycles. The number of benzene rings is 1. The number of H-pyrrole nitrogens is 1. The lowest BCUT2D eigenvalue weighted by Crippen LogP contribution is -2.58. The Morgan fingerprint density at radius 3 is 2.39 bits per heavy atom. The summed E-state index contributed by atoms with van der Waals surface area (Å²) in [6.45, 7) is 4.47. The highest BCUT2D eigenvalue weighted by atomic mass is 35.5. The van der Waals surface area contributed by atoms with Crippen molar-refractivity contribution < 1.29 is 32.2 Å². The van der Waals surface area contributed by atoms with Crippen LogP contribution in [0.15, 0.2) is 24.3 Å². The van der Waals surface area contributed by atoms with Gasteiger partial charge in [-0.3, -0.25) is 9.88 Å². The molecule has 1 aromatic heterocycles. The third-order valence-corrected chi connectivity index (χ3v) is 6.48. The number of morpholine rings is 1. The SMILES string of the molecule is CC(F)[C@H]1CN(C2CCN(c3nnc(N)[nH]3)CC2)[C@@H](Cc2ccc(Cl)cc2)CO1.O=C(O)C(F)(F)F. The molecule has 9 nitrogen and oxygen atoms in total. The van der Waals surface area contributed by atoms with E-state index in [2.05, 4.69) is 37.1 Å². The van der Waals surface area contributed by atoms with E-state index in [4.69, 9.17) is 32.0 Å². The highest BCUT2D eigenvalue weighted by Crippen LogP contribution is 2.28. The third-order valence-electron chi connectivity index (χ3n) is 6.23. The highest BCUT2D eigenvalue weighted by molar-refractivity contribution is 6.30. The number of aromatic nitrogens is 3. The molecule has 2 fully saturated rings. The van der Waals surface area contributed by atoms with Gasteiger partial charge in [0.1, 0.15) is 12.3 Å². The van der Waals surface area contributed by atoms with Crippen LogP contribution in [0.25, 0.3) is 0 Å². The quantitative estimate of drug-likeness (QED) is 0.498. The van der Waals surface area contributed by atoms with Crippen LogP contribution in [0, 0.1) is 0 Å². The molecule has 36 heavy (non-hydrogen) atoms. The Hall–Kier alpha value is -2.64. The number of halogens is 5. The van der Waals surface area contributed by atoms with Crippen molar-refractivity contribution in [3.63, 3.8) is 0 Å². The fourth-order valence-electron chi connectivity index (χ4n) is 4.35. The van der Waals surface area contributed by atoms with E-state index in [0.29, 0.717) is 25.1 Å². The van der Waals surface area contributed by atoms with E-state index in [0.717, 1.165) is 43.3 Å². The van der Waals surface area contributed by atoms with Crippen LogP contribution in [0.2, 0.25) is 5.02 Å². The van der Waals surface area contributed by atoms with Gasteiger partial charge < -0.3 is 20.5 Å². The van der Waals surface area contributed by atoms with E-state index in [-0.39, 0.29) is 12.1 Å². The summed E-state index contributed by atoms with van der Waals surface area (Å²) < 4.78 is 51.6. The van der Waals surface area contributed by atoms with Gasteiger partial charge in [0.05, 0.1) is 6.61 Å². The first-order chi connectivity index (χ1) is 16.9. The summed E-state index contributed by atoms with van der Waals surface area (Å²) in [6, 6.07) is 8.55. The lowest BCUT2D eigenvalue weighted by Gasteiger charge is -2.47. The van der Waals surface area contributed by atoms with E-state index < -0.39 is 18.3 Å². The Balaban J connectivity index is 0.000000454. The number of aliphatic carboxylic acids is 1. The molecule has 1 aromatic carbocycles. The van der Waals surface area contributed by atoms with Crippen LogP contribution < -0.4 is 10.6 Å². The van der Waals surface area contributed by atoms with Crippen LogP contribution in [0.3, 0.4) is 0 Å². The molecule has 2 aliphatic heterocycles. The van der Waals surface area contributed by atoms with Gasteiger partial charge in [0.25, 0.3) is 0 Å². The van der Waals surface area contributed by atoms with Gasteiger partial charge in [0.2, 0.25) is 11.9 Å². The Morgan fingerprint density at radius 2 is 1.89 bits per heavy atom. The lowest BCUT2D eigenvalue weighted by atomic mass is 9.96. The molecule has 4 N–H and O–H groups in total. The van der Waals surface area contributed by atoms with Crippen LogP contribution in [-0.2, 0) is 16.0 Å². The fourth-order valence-corrected chi connectivity index (χ4v) is 4.48. The molecule has 0 spiro atoms. The molecule has 2 saturated heterocycles. The number of nitrogens with zero attached hydrogens (tertiary/aromatic N) is 4. The number of piperidine rings is 1. The first kappa shape index (κ1) is 27.9. The Labute approximate surface area is 210 Å². The largest absolute Gasteiger partial charge is 0.490 e. The second-order valence-corrected chi connectivity index (χ2v) is 9.22. The summed E-state index contributed by atoms with van der Waals surface area (Å²) in [5.41, 5.74) is 6.87. The monoisotopic (exact) mass is 536 g/mol. The average molecular weight is 537 g/mol. The van der Waals surface area contributed by atoms with E-state index in [1.807, 2.05) is 12.1 Å². The van der Waals surface area contributed by atoms with E-state index in [9.17, 15) is 17.6 Å². The lowest BCUT2D eigenvalue weighted by molar-refractivity contribution is -0.192.